The van der Waals surface area contributed by atoms with E-state index in [1.807, 2.05) is 0 Å². The van der Waals surface area contributed by atoms with Gasteiger partial charge in [0.25, 0.3) is 5.56 Å². The molecule has 0 atom stereocenters. The average Bonchev–Trinajstić information content (AvgIpc) is 2.42. The molecule has 1 heterocycles. The lowest BCUT2D eigenvalue weighted by Gasteiger charge is -2.13. The molecule has 0 bridgehead atoms. The highest BCUT2D eigenvalue weighted by molar-refractivity contribution is 5.86. The minimum Gasteiger partial charge on any atom is -0.477 e. The zero-order chi connectivity index (χ0) is 15.6. The van der Waals surface area contributed by atoms with Gasteiger partial charge in [0.05, 0.1) is 11.3 Å². The molecule has 0 aliphatic heterocycles. The first-order valence-corrected chi connectivity index (χ1v) is 6.23. The van der Waals surface area contributed by atoms with Gasteiger partial charge in [0, 0.05) is 6.54 Å². The first-order valence-electron chi connectivity index (χ1n) is 6.23. The van der Waals surface area contributed by atoms with E-state index in [9.17, 15) is 14.4 Å². The summed E-state index contributed by atoms with van der Waals surface area (Å²) in [5.41, 5.74) is -1.34. The Hall–Kier alpha value is -2.67. The number of carboxylic acids is 1. The quantitative estimate of drug-likeness (QED) is 0.843. The third kappa shape index (κ3) is 2.92. The van der Waals surface area contributed by atoms with Gasteiger partial charge in [-0.15, -0.1) is 0 Å². The second-order valence-electron chi connectivity index (χ2n) is 4.80. The van der Waals surface area contributed by atoms with Crippen molar-refractivity contribution in [2.24, 2.45) is 0 Å². The molecular formula is C14H15N3O4. The maximum Gasteiger partial charge on any atom is 0.352 e. The predicted molar refractivity (Wildman–Crippen MR) is 77.0 cm³/mol. The highest BCUT2D eigenvalue weighted by atomic mass is 16.4. The molecule has 1 aromatic carbocycles. The minimum atomic E-state index is -1.33. The molecule has 0 amide bonds. The molecule has 0 unspecified atom stereocenters. The van der Waals surface area contributed by atoms with Gasteiger partial charge in [0.15, 0.2) is 0 Å². The molecule has 0 spiro atoms. The summed E-state index contributed by atoms with van der Waals surface area (Å²) in [5.74, 6) is -1.33. The van der Waals surface area contributed by atoms with Gasteiger partial charge in [-0.2, -0.15) is 0 Å². The summed E-state index contributed by atoms with van der Waals surface area (Å²) in [6, 6.07) is 8.36. The molecule has 2 rings (SSSR count). The van der Waals surface area contributed by atoms with Crippen molar-refractivity contribution >= 4 is 5.97 Å². The van der Waals surface area contributed by atoms with Crippen LogP contribution in [0.1, 0.15) is 16.1 Å². The number of aromatic carboxylic acids is 1. The lowest BCUT2D eigenvalue weighted by atomic mass is 10.2. The van der Waals surface area contributed by atoms with Crippen LogP contribution in [0, 0.1) is 0 Å². The van der Waals surface area contributed by atoms with Crippen LogP contribution in [0.25, 0.3) is 5.69 Å². The molecule has 7 nitrogen and oxygen atoms in total. The molecule has 21 heavy (non-hydrogen) atoms. The number of benzene rings is 1. The van der Waals surface area contributed by atoms with Crippen molar-refractivity contribution in [3.05, 3.63) is 62.4 Å². The number of rotatable bonds is 4. The van der Waals surface area contributed by atoms with Crippen molar-refractivity contribution < 1.29 is 9.90 Å². The predicted octanol–water partition coefficient (Wildman–Crippen LogP) is 0.286. The number of para-hydroxylation sites is 1. The van der Waals surface area contributed by atoms with Gasteiger partial charge >= 0.3 is 11.7 Å². The van der Waals surface area contributed by atoms with Gasteiger partial charge in [0.1, 0.15) is 5.69 Å². The van der Waals surface area contributed by atoms with Gasteiger partial charge in [-0.1, -0.05) is 18.2 Å². The first-order chi connectivity index (χ1) is 9.91. The Morgan fingerprint density at radius 2 is 1.86 bits per heavy atom. The Kier molecular flexibility index (Phi) is 4.04. The van der Waals surface area contributed by atoms with Crippen LogP contribution in [0.2, 0.25) is 0 Å². The molecule has 1 aromatic heterocycles. The standard InChI is InChI=1S/C14H15N3O4/c1-16(2)8-10-11(13(19)20)15-14(21)17(12(10)18)9-6-4-3-5-7-9/h3-7H,8H2,1-2H3,(H,15,21)(H,19,20). The van der Waals surface area contributed by atoms with Gasteiger partial charge in [-0.3, -0.25) is 4.79 Å². The highest BCUT2D eigenvalue weighted by Crippen LogP contribution is 2.05. The summed E-state index contributed by atoms with van der Waals surface area (Å²) in [4.78, 5) is 39.7. The smallest absolute Gasteiger partial charge is 0.352 e. The Morgan fingerprint density at radius 3 is 2.38 bits per heavy atom. The third-order valence-electron chi connectivity index (χ3n) is 2.90. The zero-order valence-corrected chi connectivity index (χ0v) is 11.7. The van der Waals surface area contributed by atoms with Crippen LogP contribution in [0.3, 0.4) is 0 Å². The van der Waals surface area contributed by atoms with Gasteiger partial charge in [0.2, 0.25) is 0 Å². The zero-order valence-electron chi connectivity index (χ0n) is 11.7. The molecule has 0 radical (unpaired) electrons. The van der Waals surface area contributed by atoms with E-state index in [0.717, 1.165) is 4.57 Å². The fourth-order valence-electron chi connectivity index (χ4n) is 2.03. The van der Waals surface area contributed by atoms with Crippen molar-refractivity contribution in [2.45, 2.75) is 6.54 Å². The van der Waals surface area contributed by atoms with E-state index >= 15 is 0 Å². The lowest BCUT2D eigenvalue weighted by Crippen LogP contribution is -2.39. The molecule has 2 aromatic rings. The van der Waals surface area contributed by atoms with Gasteiger partial charge in [-0.25, -0.2) is 14.2 Å². The Balaban J connectivity index is 2.78. The van der Waals surface area contributed by atoms with Crippen LogP contribution < -0.4 is 11.2 Å². The van der Waals surface area contributed by atoms with E-state index in [1.165, 1.54) is 0 Å². The Morgan fingerprint density at radius 1 is 1.24 bits per heavy atom. The fourth-order valence-corrected chi connectivity index (χ4v) is 2.03. The van der Waals surface area contributed by atoms with Crippen LogP contribution in [0.5, 0.6) is 0 Å². The largest absolute Gasteiger partial charge is 0.477 e. The summed E-state index contributed by atoms with van der Waals surface area (Å²) >= 11 is 0. The van der Waals surface area contributed by atoms with Crippen molar-refractivity contribution in [2.75, 3.05) is 14.1 Å². The van der Waals surface area contributed by atoms with E-state index in [2.05, 4.69) is 4.98 Å². The second kappa shape index (κ2) is 5.76. The van der Waals surface area contributed by atoms with Crippen LogP contribution in [-0.2, 0) is 6.54 Å². The number of nitrogens with one attached hydrogen (secondary N) is 1. The topological polar surface area (TPSA) is 95.4 Å². The minimum absolute atomic E-state index is 0.0379. The summed E-state index contributed by atoms with van der Waals surface area (Å²) in [7, 11) is 3.42. The monoisotopic (exact) mass is 289 g/mol. The average molecular weight is 289 g/mol. The van der Waals surface area contributed by atoms with Gasteiger partial charge < -0.3 is 15.0 Å². The fraction of sp³-hybridized carbons (Fsp3) is 0.214. The Labute approximate surface area is 120 Å². The molecule has 110 valence electrons. The second-order valence-corrected chi connectivity index (χ2v) is 4.80. The summed E-state index contributed by atoms with van der Waals surface area (Å²) in [6.45, 7) is 0.115. The van der Waals surface area contributed by atoms with Crippen molar-refractivity contribution in [1.82, 2.24) is 14.5 Å². The molecule has 0 saturated carbocycles. The number of aromatic amines is 1. The van der Waals surface area contributed by atoms with E-state index in [4.69, 9.17) is 5.11 Å². The normalized spacial score (nSPS) is 10.8. The van der Waals surface area contributed by atoms with E-state index in [0.29, 0.717) is 5.69 Å². The van der Waals surface area contributed by atoms with Crippen LogP contribution in [0.4, 0.5) is 0 Å². The molecule has 2 N–H and O–H groups in total. The van der Waals surface area contributed by atoms with E-state index < -0.39 is 17.2 Å². The summed E-state index contributed by atoms with van der Waals surface area (Å²) in [5, 5.41) is 9.15. The highest BCUT2D eigenvalue weighted by Gasteiger charge is 2.19. The number of hydrogen-bond donors (Lipinski definition) is 2. The molecule has 0 fully saturated rings. The number of carbonyl (C=O) groups is 1. The maximum absolute atomic E-state index is 12.5. The van der Waals surface area contributed by atoms with E-state index in [-0.39, 0.29) is 17.8 Å². The van der Waals surface area contributed by atoms with Gasteiger partial charge in [-0.05, 0) is 26.2 Å². The summed E-state index contributed by atoms with van der Waals surface area (Å²) in [6.07, 6.45) is 0. The van der Waals surface area contributed by atoms with Crippen molar-refractivity contribution in [3.8, 4) is 5.69 Å². The SMILES string of the molecule is CN(C)Cc1c(C(=O)O)[nH]c(=O)n(-c2ccccc2)c1=O. The molecular weight excluding hydrogens is 274 g/mol. The Bertz CT molecular complexity index is 775. The van der Waals surface area contributed by atoms with Crippen LogP contribution in [-0.4, -0.2) is 39.6 Å². The number of nitrogens with zero attached hydrogens (tertiary/aromatic N) is 2. The maximum atomic E-state index is 12.5. The molecule has 0 aliphatic rings. The molecule has 0 aliphatic carbocycles. The van der Waals surface area contributed by atoms with Crippen LogP contribution >= 0.6 is 0 Å². The van der Waals surface area contributed by atoms with Crippen molar-refractivity contribution in [3.63, 3.8) is 0 Å². The summed E-state index contributed by atoms with van der Waals surface area (Å²) < 4.78 is 0.936. The molecule has 0 saturated heterocycles. The number of H-pyrrole nitrogens is 1. The number of carboxylic acid groups (broad SMARTS) is 1. The lowest BCUT2D eigenvalue weighted by molar-refractivity contribution is 0.0687. The number of hydrogen-bond acceptors (Lipinski definition) is 4. The van der Waals surface area contributed by atoms with Crippen molar-refractivity contribution in [1.29, 1.82) is 0 Å². The molecule has 7 heteroatoms. The van der Waals surface area contributed by atoms with E-state index in [1.54, 1.807) is 49.3 Å². The first kappa shape index (κ1) is 14.7. The van der Waals surface area contributed by atoms with Crippen LogP contribution in [0.15, 0.2) is 39.9 Å². The number of aromatic nitrogens is 2. The third-order valence-corrected chi connectivity index (χ3v) is 2.90.